The molecule has 1 rings (SSSR count). The fraction of sp³-hybridized carbons (Fsp3) is 0. The molecule has 0 aromatic heterocycles. The van der Waals surface area contributed by atoms with E-state index in [4.69, 9.17) is 0 Å². The highest BCUT2D eigenvalue weighted by atomic mass is 19.3. The third-order valence-corrected chi connectivity index (χ3v) is 1.26. The molecule has 0 atom stereocenters. The highest BCUT2D eigenvalue weighted by molar-refractivity contribution is 5.50. The molecule has 1 radical (unpaired) electrons. The predicted molar refractivity (Wildman–Crippen MR) is 41.1 cm³/mol. The Morgan fingerprint density at radius 1 is 1.18 bits per heavy atom. The van der Waals surface area contributed by atoms with Gasteiger partial charge in [0, 0.05) is 6.08 Å². The van der Waals surface area contributed by atoms with Gasteiger partial charge in [-0.25, -0.2) is 0 Å². The SMILES string of the molecule is [CH2]c1ccc(C=C(F)F)cc1. The summed E-state index contributed by atoms with van der Waals surface area (Å²) in [6, 6.07) is 6.58. The van der Waals surface area contributed by atoms with Crippen molar-refractivity contribution in [2.24, 2.45) is 0 Å². The number of halogens is 2. The van der Waals surface area contributed by atoms with E-state index in [0.717, 1.165) is 11.6 Å². The summed E-state index contributed by atoms with van der Waals surface area (Å²) < 4.78 is 23.3. The van der Waals surface area contributed by atoms with Gasteiger partial charge in [-0.05, 0) is 18.1 Å². The summed E-state index contributed by atoms with van der Waals surface area (Å²) in [5, 5.41) is 0. The summed E-state index contributed by atoms with van der Waals surface area (Å²) in [4.78, 5) is 0. The Hall–Kier alpha value is -1.18. The van der Waals surface area contributed by atoms with Crippen LogP contribution in [-0.2, 0) is 0 Å². The van der Waals surface area contributed by atoms with Crippen molar-refractivity contribution in [2.75, 3.05) is 0 Å². The molecular weight excluding hydrogens is 146 g/mol. The molecule has 0 nitrogen and oxygen atoms in total. The lowest BCUT2D eigenvalue weighted by Crippen LogP contribution is -1.73. The standard InChI is InChI=1S/C9H7F2/c1-7-2-4-8(5-3-7)6-9(10)11/h2-6H,1H2. The van der Waals surface area contributed by atoms with Crippen molar-refractivity contribution < 1.29 is 8.78 Å². The van der Waals surface area contributed by atoms with E-state index < -0.39 is 6.08 Å². The van der Waals surface area contributed by atoms with Crippen LogP contribution in [0.5, 0.6) is 0 Å². The first-order valence-electron chi connectivity index (χ1n) is 3.13. The zero-order valence-corrected chi connectivity index (χ0v) is 5.85. The predicted octanol–water partition coefficient (Wildman–Crippen LogP) is 3.11. The van der Waals surface area contributed by atoms with E-state index in [1.54, 1.807) is 24.3 Å². The fourth-order valence-electron chi connectivity index (χ4n) is 0.740. The molecule has 0 heterocycles. The molecule has 1 aromatic rings. The van der Waals surface area contributed by atoms with Crippen molar-refractivity contribution in [3.8, 4) is 0 Å². The molecule has 0 saturated carbocycles. The molecule has 0 amide bonds. The van der Waals surface area contributed by atoms with E-state index in [9.17, 15) is 8.78 Å². The average Bonchev–Trinajstić information content (AvgIpc) is 1.93. The summed E-state index contributed by atoms with van der Waals surface area (Å²) in [5.74, 6) is 0. The largest absolute Gasteiger partial charge is 0.270 e. The van der Waals surface area contributed by atoms with Crippen LogP contribution in [0.4, 0.5) is 8.78 Å². The molecule has 1 aromatic carbocycles. The lowest BCUT2D eigenvalue weighted by Gasteiger charge is -1.92. The van der Waals surface area contributed by atoms with E-state index in [1.165, 1.54) is 0 Å². The zero-order valence-electron chi connectivity index (χ0n) is 5.85. The first kappa shape index (κ1) is 7.92. The highest BCUT2D eigenvalue weighted by Gasteiger charge is 1.90. The molecular formula is C9H7F2. The third-order valence-electron chi connectivity index (χ3n) is 1.26. The highest BCUT2D eigenvalue weighted by Crippen LogP contribution is 2.09. The van der Waals surface area contributed by atoms with Gasteiger partial charge < -0.3 is 0 Å². The zero-order chi connectivity index (χ0) is 8.27. The van der Waals surface area contributed by atoms with Crippen molar-refractivity contribution in [1.29, 1.82) is 0 Å². The Morgan fingerprint density at radius 3 is 2.18 bits per heavy atom. The van der Waals surface area contributed by atoms with E-state index in [2.05, 4.69) is 6.92 Å². The summed E-state index contributed by atoms with van der Waals surface area (Å²) in [6.07, 6.45) is -0.860. The van der Waals surface area contributed by atoms with Crippen molar-refractivity contribution in [3.05, 3.63) is 48.4 Å². The second-order valence-corrected chi connectivity index (χ2v) is 2.18. The maximum absolute atomic E-state index is 11.7. The molecule has 2 heteroatoms. The van der Waals surface area contributed by atoms with Crippen LogP contribution < -0.4 is 0 Å². The van der Waals surface area contributed by atoms with Crippen LogP contribution in [0.1, 0.15) is 11.1 Å². The molecule has 0 bridgehead atoms. The first-order chi connectivity index (χ1) is 5.18. The van der Waals surface area contributed by atoms with Gasteiger partial charge in [0.1, 0.15) is 0 Å². The molecule has 0 N–H and O–H groups in total. The third kappa shape index (κ3) is 2.50. The van der Waals surface area contributed by atoms with E-state index in [1.807, 2.05) is 0 Å². The van der Waals surface area contributed by atoms with Crippen LogP contribution in [0.3, 0.4) is 0 Å². The molecule has 0 unspecified atom stereocenters. The van der Waals surface area contributed by atoms with Gasteiger partial charge in [0.2, 0.25) is 0 Å². The van der Waals surface area contributed by atoms with Gasteiger partial charge in [0.25, 0.3) is 6.08 Å². The number of hydrogen-bond donors (Lipinski definition) is 0. The maximum Gasteiger partial charge on any atom is 0.270 e. The summed E-state index contributed by atoms with van der Waals surface area (Å²) in [6.45, 7) is 3.63. The van der Waals surface area contributed by atoms with Gasteiger partial charge >= 0.3 is 0 Å². The van der Waals surface area contributed by atoms with Crippen LogP contribution in [0.15, 0.2) is 30.3 Å². The fourth-order valence-corrected chi connectivity index (χ4v) is 0.740. The normalized spacial score (nSPS) is 9.36. The molecule has 0 spiro atoms. The van der Waals surface area contributed by atoms with Crippen molar-refractivity contribution >= 4 is 6.08 Å². The van der Waals surface area contributed by atoms with Gasteiger partial charge in [-0.15, -0.1) is 0 Å². The molecule has 57 valence electrons. The van der Waals surface area contributed by atoms with Gasteiger partial charge in [-0.2, -0.15) is 8.78 Å². The van der Waals surface area contributed by atoms with E-state index in [-0.39, 0.29) is 0 Å². The summed E-state index contributed by atoms with van der Waals surface area (Å²) >= 11 is 0. The van der Waals surface area contributed by atoms with Gasteiger partial charge in [0.15, 0.2) is 0 Å². The van der Waals surface area contributed by atoms with Crippen molar-refractivity contribution in [2.45, 2.75) is 0 Å². The lowest BCUT2D eigenvalue weighted by molar-refractivity contribution is 0.429. The van der Waals surface area contributed by atoms with Gasteiger partial charge in [-0.3, -0.25) is 0 Å². The van der Waals surface area contributed by atoms with E-state index in [0.29, 0.717) is 5.56 Å². The minimum absolute atomic E-state index is 0.498. The maximum atomic E-state index is 11.7. The van der Waals surface area contributed by atoms with Crippen molar-refractivity contribution in [1.82, 2.24) is 0 Å². The van der Waals surface area contributed by atoms with Crippen molar-refractivity contribution in [3.63, 3.8) is 0 Å². The van der Waals surface area contributed by atoms with Crippen LogP contribution in [0.2, 0.25) is 0 Å². The van der Waals surface area contributed by atoms with Crippen LogP contribution in [0, 0.1) is 6.92 Å². The van der Waals surface area contributed by atoms with Crippen LogP contribution in [0.25, 0.3) is 6.08 Å². The first-order valence-corrected chi connectivity index (χ1v) is 3.13. The Bertz CT molecular complexity index is 255. The Balaban J connectivity index is 2.91. The average molecular weight is 153 g/mol. The second kappa shape index (κ2) is 3.28. The minimum atomic E-state index is -1.68. The van der Waals surface area contributed by atoms with Crippen LogP contribution >= 0.6 is 0 Å². The summed E-state index contributed by atoms with van der Waals surface area (Å²) in [7, 11) is 0. The molecule has 0 fully saturated rings. The second-order valence-electron chi connectivity index (χ2n) is 2.18. The Morgan fingerprint density at radius 2 is 1.73 bits per heavy atom. The van der Waals surface area contributed by atoms with Gasteiger partial charge in [0.05, 0.1) is 0 Å². The van der Waals surface area contributed by atoms with Gasteiger partial charge in [-0.1, -0.05) is 24.3 Å². The Kier molecular flexibility index (Phi) is 2.36. The topological polar surface area (TPSA) is 0 Å². The molecule has 11 heavy (non-hydrogen) atoms. The molecule has 0 aliphatic heterocycles. The lowest BCUT2D eigenvalue weighted by atomic mass is 10.1. The van der Waals surface area contributed by atoms with Crippen LogP contribution in [-0.4, -0.2) is 0 Å². The number of benzene rings is 1. The smallest absolute Gasteiger partial charge is 0.173 e. The Labute approximate surface area is 64.2 Å². The molecule has 0 aliphatic carbocycles. The quantitative estimate of drug-likeness (QED) is 0.581. The number of rotatable bonds is 1. The molecule has 0 saturated heterocycles. The summed E-state index contributed by atoms with van der Waals surface area (Å²) in [5.41, 5.74) is 1.32. The number of hydrogen-bond acceptors (Lipinski definition) is 0. The van der Waals surface area contributed by atoms with E-state index >= 15 is 0 Å². The molecule has 0 aliphatic rings. The minimum Gasteiger partial charge on any atom is -0.173 e. The monoisotopic (exact) mass is 153 g/mol.